The molecule has 0 aliphatic heterocycles. The summed E-state index contributed by atoms with van der Waals surface area (Å²) in [4.78, 5) is 5.06. The van der Waals surface area contributed by atoms with Gasteiger partial charge in [-0.1, -0.05) is 34.8 Å². The van der Waals surface area contributed by atoms with E-state index in [2.05, 4.69) is 4.99 Å². The van der Waals surface area contributed by atoms with Crippen molar-refractivity contribution < 1.29 is 4.39 Å². The standard InChI is InChI=1S/C16H10Cl3FN2S/c1-21-16-22(10-3-4-11(17)12(18)7-10)15(8-23-16)9-2-5-14(20)13(19)6-9/h2-8H,1H3. The summed E-state index contributed by atoms with van der Waals surface area (Å²) >= 11 is 19.5. The lowest BCUT2D eigenvalue weighted by molar-refractivity contribution is 0.628. The maximum atomic E-state index is 13.4. The van der Waals surface area contributed by atoms with Crippen LogP contribution in [0.15, 0.2) is 46.8 Å². The topological polar surface area (TPSA) is 17.3 Å². The Morgan fingerprint density at radius 2 is 1.78 bits per heavy atom. The fourth-order valence-corrected chi connectivity index (χ4v) is 3.54. The minimum atomic E-state index is -0.452. The molecule has 0 saturated heterocycles. The summed E-state index contributed by atoms with van der Waals surface area (Å²) in [7, 11) is 1.71. The zero-order valence-corrected chi connectivity index (χ0v) is 14.9. The van der Waals surface area contributed by atoms with Gasteiger partial charge < -0.3 is 0 Å². The van der Waals surface area contributed by atoms with Crippen LogP contribution >= 0.6 is 46.1 Å². The molecule has 0 bridgehead atoms. The Morgan fingerprint density at radius 3 is 2.43 bits per heavy atom. The zero-order chi connectivity index (χ0) is 16.6. The molecule has 2 aromatic carbocycles. The predicted molar refractivity (Wildman–Crippen MR) is 95.6 cm³/mol. The molecule has 118 valence electrons. The van der Waals surface area contributed by atoms with Crippen LogP contribution in [0, 0.1) is 5.82 Å². The number of nitrogens with zero attached hydrogens (tertiary/aromatic N) is 2. The average molecular weight is 388 g/mol. The van der Waals surface area contributed by atoms with Crippen LogP contribution in [0.1, 0.15) is 0 Å². The monoisotopic (exact) mass is 386 g/mol. The molecule has 1 aromatic heterocycles. The second-order valence-corrected chi connectivity index (χ2v) is 6.75. The average Bonchev–Trinajstić information content (AvgIpc) is 2.96. The van der Waals surface area contributed by atoms with Crippen LogP contribution in [0.25, 0.3) is 16.9 Å². The summed E-state index contributed by atoms with van der Waals surface area (Å²) in [5.74, 6) is -0.452. The van der Waals surface area contributed by atoms with E-state index in [0.717, 1.165) is 21.7 Å². The SMILES string of the molecule is CN=c1scc(-c2ccc(F)c(Cl)c2)n1-c1ccc(Cl)c(Cl)c1. The fourth-order valence-electron chi connectivity index (χ4n) is 2.20. The molecule has 2 nitrogen and oxygen atoms in total. The Kier molecular flexibility index (Phi) is 4.78. The van der Waals surface area contributed by atoms with Crippen molar-refractivity contribution in [3.05, 3.63) is 67.5 Å². The van der Waals surface area contributed by atoms with E-state index < -0.39 is 5.82 Å². The summed E-state index contributed by atoms with van der Waals surface area (Å²) in [5.41, 5.74) is 2.45. The molecule has 0 aliphatic rings. The molecule has 0 N–H and O–H groups in total. The molecule has 1 heterocycles. The first kappa shape index (κ1) is 16.5. The molecule has 0 radical (unpaired) electrons. The first-order chi connectivity index (χ1) is 11.0. The van der Waals surface area contributed by atoms with E-state index in [-0.39, 0.29) is 5.02 Å². The highest BCUT2D eigenvalue weighted by molar-refractivity contribution is 7.07. The second kappa shape index (κ2) is 6.65. The van der Waals surface area contributed by atoms with Crippen molar-refractivity contribution >= 4 is 46.1 Å². The molecule has 3 aromatic rings. The maximum Gasteiger partial charge on any atom is 0.189 e. The molecule has 3 rings (SSSR count). The Hall–Kier alpha value is -1.33. The van der Waals surface area contributed by atoms with Gasteiger partial charge in [0.1, 0.15) is 5.82 Å². The van der Waals surface area contributed by atoms with Gasteiger partial charge in [-0.25, -0.2) is 4.39 Å². The third-order valence-corrected chi connectivity index (χ3v) is 5.22. The van der Waals surface area contributed by atoms with Crippen LogP contribution in [0.2, 0.25) is 15.1 Å². The highest BCUT2D eigenvalue weighted by atomic mass is 35.5. The van der Waals surface area contributed by atoms with Crippen molar-refractivity contribution in [2.75, 3.05) is 7.05 Å². The summed E-state index contributed by atoms with van der Waals surface area (Å²) in [6, 6.07) is 9.95. The van der Waals surface area contributed by atoms with Crippen molar-refractivity contribution in [1.29, 1.82) is 0 Å². The largest absolute Gasteiger partial charge is 0.285 e. The molecule has 0 unspecified atom stereocenters. The van der Waals surface area contributed by atoms with Crippen LogP contribution in [0.5, 0.6) is 0 Å². The smallest absolute Gasteiger partial charge is 0.189 e. The Balaban J connectivity index is 2.25. The van der Waals surface area contributed by atoms with Crippen molar-refractivity contribution in [3.63, 3.8) is 0 Å². The molecule has 7 heteroatoms. The second-order valence-electron chi connectivity index (χ2n) is 4.69. The van der Waals surface area contributed by atoms with Crippen molar-refractivity contribution in [3.8, 4) is 16.9 Å². The van der Waals surface area contributed by atoms with E-state index in [4.69, 9.17) is 34.8 Å². The Labute approximate surface area is 151 Å². The lowest BCUT2D eigenvalue weighted by Crippen LogP contribution is -2.13. The number of benzene rings is 2. The number of hydrogen-bond donors (Lipinski definition) is 0. The van der Waals surface area contributed by atoms with Gasteiger partial charge in [-0.3, -0.25) is 9.56 Å². The summed E-state index contributed by atoms with van der Waals surface area (Å²) in [5, 5.41) is 2.94. The van der Waals surface area contributed by atoms with Crippen molar-refractivity contribution in [2.45, 2.75) is 0 Å². The molecule has 23 heavy (non-hydrogen) atoms. The molecule has 0 fully saturated rings. The van der Waals surface area contributed by atoms with E-state index in [1.54, 1.807) is 31.3 Å². The third kappa shape index (κ3) is 3.17. The van der Waals surface area contributed by atoms with Crippen LogP contribution in [-0.4, -0.2) is 11.6 Å². The van der Waals surface area contributed by atoms with E-state index in [1.807, 2.05) is 16.0 Å². The van der Waals surface area contributed by atoms with E-state index >= 15 is 0 Å². The third-order valence-electron chi connectivity index (χ3n) is 3.28. The van der Waals surface area contributed by atoms with Gasteiger partial charge in [0, 0.05) is 18.0 Å². The fraction of sp³-hybridized carbons (Fsp3) is 0.0625. The molecule has 0 spiro atoms. The van der Waals surface area contributed by atoms with Crippen LogP contribution < -0.4 is 4.80 Å². The van der Waals surface area contributed by atoms with Crippen LogP contribution in [0.4, 0.5) is 4.39 Å². The van der Waals surface area contributed by atoms with Gasteiger partial charge >= 0.3 is 0 Å². The molecule has 0 aliphatic carbocycles. The number of aromatic nitrogens is 1. The summed E-state index contributed by atoms with van der Waals surface area (Å²) < 4.78 is 15.3. The van der Waals surface area contributed by atoms with E-state index in [1.165, 1.54) is 17.4 Å². The molecular formula is C16H10Cl3FN2S. The zero-order valence-electron chi connectivity index (χ0n) is 11.9. The molecule has 0 atom stereocenters. The highest BCUT2D eigenvalue weighted by Crippen LogP contribution is 2.30. The lowest BCUT2D eigenvalue weighted by atomic mass is 10.1. The van der Waals surface area contributed by atoms with Crippen molar-refractivity contribution in [1.82, 2.24) is 4.57 Å². The Morgan fingerprint density at radius 1 is 1.00 bits per heavy atom. The summed E-state index contributed by atoms with van der Waals surface area (Å²) in [6.07, 6.45) is 0. The van der Waals surface area contributed by atoms with E-state index in [0.29, 0.717) is 10.0 Å². The number of rotatable bonds is 2. The minimum Gasteiger partial charge on any atom is -0.285 e. The predicted octanol–water partition coefficient (Wildman–Crippen LogP) is 5.84. The van der Waals surface area contributed by atoms with Gasteiger partial charge in [0.15, 0.2) is 4.80 Å². The first-order valence-corrected chi connectivity index (χ1v) is 8.57. The quantitative estimate of drug-likeness (QED) is 0.526. The van der Waals surface area contributed by atoms with Gasteiger partial charge in [-0.05, 0) is 36.4 Å². The van der Waals surface area contributed by atoms with Crippen LogP contribution in [-0.2, 0) is 0 Å². The molecule has 0 amide bonds. The maximum absolute atomic E-state index is 13.4. The van der Waals surface area contributed by atoms with Gasteiger partial charge in [0.05, 0.1) is 26.4 Å². The molecule has 0 saturated carbocycles. The first-order valence-electron chi connectivity index (χ1n) is 6.55. The number of hydrogen-bond acceptors (Lipinski definition) is 2. The van der Waals surface area contributed by atoms with Gasteiger partial charge in [-0.15, -0.1) is 11.3 Å². The normalized spacial score (nSPS) is 12.0. The van der Waals surface area contributed by atoms with Gasteiger partial charge in [-0.2, -0.15) is 0 Å². The van der Waals surface area contributed by atoms with Gasteiger partial charge in [0.25, 0.3) is 0 Å². The minimum absolute atomic E-state index is 0.0735. The van der Waals surface area contributed by atoms with Crippen molar-refractivity contribution in [2.24, 2.45) is 4.99 Å². The molecular weight excluding hydrogens is 378 g/mol. The Bertz CT molecular complexity index is 947. The highest BCUT2D eigenvalue weighted by Gasteiger charge is 2.12. The summed E-state index contributed by atoms with van der Waals surface area (Å²) in [6.45, 7) is 0. The lowest BCUT2D eigenvalue weighted by Gasteiger charge is -2.10. The number of halogens is 4. The number of thiazole rings is 1. The van der Waals surface area contributed by atoms with E-state index in [9.17, 15) is 4.39 Å². The van der Waals surface area contributed by atoms with Crippen LogP contribution in [0.3, 0.4) is 0 Å². The van der Waals surface area contributed by atoms with Gasteiger partial charge in [0.2, 0.25) is 0 Å².